The molecular formula is C10H20O5. The number of carbonyl (C=O) groups excluding carboxylic acids is 1. The van der Waals surface area contributed by atoms with Crippen molar-refractivity contribution in [2.45, 2.75) is 33.6 Å². The number of carbonyl (C=O) groups is 2. The van der Waals surface area contributed by atoms with Crippen molar-refractivity contribution in [1.82, 2.24) is 0 Å². The zero-order valence-electron chi connectivity index (χ0n) is 9.62. The fourth-order valence-corrected chi connectivity index (χ4v) is 0.593. The van der Waals surface area contributed by atoms with Crippen LogP contribution in [0.2, 0.25) is 0 Å². The van der Waals surface area contributed by atoms with E-state index in [0.29, 0.717) is 13.2 Å². The number of unbranched alkanes of at least 4 members (excludes halogenated alkanes) is 1. The summed E-state index contributed by atoms with van der Waals surface area (Å²) in [6.45, 7) is 6.23. The van der Waals surface area contributed by atoms with Crippen LogP contribution in [-0.4, -0.2) is 36.9 Å². The van der Waals surface area contributed by atoms with Crippen LogP contribution < -0.4 is 0 Å². The predicted octanol–water partition coefficient (Wildman–Crippen LogP) is 1.46. The van der Waals surface area contributed by atoms with Crippen LogP contribution in [0.3, 0.4) is 0 Å². The van der Waals surface area contributed by atoms with Gasteiger partial charge < -0.3 is 14.6 Å². The highest BCUT2D eigenvalue weighted by molar-refractivity contribution is 5.65. The molecular weight excluding hydrogens is 200 g/mol. The van der Waals surface area contributed by atoms with Crippen LogP contribution in [0, 0.1) is 0 Å². The summed E-state index contributed by atoms with van der Waals surface area (Å²) in [6, 6.07) is 0. The summed E-state index contributed by atoms with van der Waals surface area (Å²) in [6.07, 6.45) is 2.20. The number of hydrogen-bond acceptors (Lipinski definition) is 4. The Morgan fingerprint density at radius 3 is 2.07 bits per heavy atom. The zero-order chi connectivity index (χ0) is 12.1. The number of aliphatic carboxylic acids is 1. The molecule has 0 unspecified atom stereocenters. The summed E-state index contributed by atoms with van der Waals surface area (Å²) < 4.78 is 9.81. The molecule has 0 fully saturated rings. The number of esters is 1. The van der Waals surface area contributed by atoms with Crippen molar-refractivity contribution in [3.8, 4) is 0 Å². The highest BCUT2D eigenvalue weighted by Gasteiger charge is 1.91. The van der Waals surface area contributed by atoms with Crippen LogP contribution in [0.5, 0.6) is 0 Å². The molecule has 5 heteroatoms. The van der Waals surface area contributed by atoms with Crippen molar-refractivity contribution >= 4 is 11.9 Å². The molecule has 0 spiro atoms. The SMILES string of the molecule is CC(=O)O.CCCCOCCOC(C)=O. The van der Waals surface area contributed by atoms with Crippen molar-refractivity contribution in [2.75, 3.05) is 19.8 Å². The van der Waals surface area contributed by atoms with Gasteiger partial charge in [-0.3, -0.25) is 9.59 Å². The number of rotatable bonds is 6. The highest BCUT2D eigenvalue weighted by atomic mass is 16.6. The fourth-order valence-electron chi connectivity index (χ4n) is 0.593. The van der Waals surface area contributed by atoms with Gasteiger partial charge in [0.05, 0.1) is 6.61 Å². The van der Waals surface area contributed by atoms with Gasteiger partial charge in [0.25, 0.3) is 5.97 Å². The van der Waals surface area contributed by atoms with Crippen molar-refractivity contribution in [2.24, 2.45) is 0 Å². The van der Waals surface area contributed by atoms with Crippen molar-refractivity contribution in [3.63, 3.8) is 0 Å². The van der Waals surface area contributed by atoms with Gasteiger partial charge in [-0.25, -0.2) is 0 Å². The second kappa shape index (κ2) is 12.9. The third kappa shape index (κ3) is 32.2. The number of ether oxygens (including phenoxy) is 2. The summed E-state index contributed by atoms with van der Waals surface area (Å²) in [5.74, 6) is -1.08. The first-order valence-electron chi connectivity index (χ1n) is 4.91. The van der Waals surface area contributed by atoms with Crippen LogP contribution in [0.15, 0.2) is 0 Å². The molecule has 0 aliphatic rings. The summed E-state index contributed by atoms with van der Waals surface area (Å²) >= 11 is 0. The predicted molar refractivity (Wildman–Crippen MR) is 55.7 cm³/mol. The van der Waals surface area contributed by atoms with Gasteiger partial charge in [0.2, 0.25) is 0 Å². The van der Waals surface area contributed by atoms with Gasteiger partial charge in [0.1, 0.15) is 6.61 Å². The van der Waals surface area contributed by atoms with E-state index < -0.39 is 5.97 Å². The van der Waals surface area contributed by atoms with Crippen LogP contribution in [0.25, 0.3) is 0 Å². The van der Waals surface area contributed by atoms with Crippen molar-refractivity contribution in [3.05, 3.63) is 0 Å². The first kappa shape index (κ1) is 16.3. The van der Waals surface area contributed by atoms with E-state index >= 15 is 0 Å². The topological polar surface area (TPSA) is 72.8 Å². The second-order valence-corrected chi connectivity index (χ2v) is 2.82. The number of carboxylic acids is 1. The van der Waals surface area contributed by atoms with Gasteiger partial charge in [-0.1, -0.05) is 13.3 Å². The lowest BCUT2D eigenvalue weighted by Crippen LogP contribution is -2.07. The third-order valence-electron chi connectivity index (χ3n) is 1.18. The molecule has 0 rings (SSSR count). The molecule has 0 aliphatic carbocycles. The smallest absolute Gasteiger partial charge is 0.302 e. The molecule has 1 N–H and O–H groups in total. The Morgan fingerprint density at radius 1 is 1.13 bits per heavy atom. The first-order chi connectivity index (χ1) is 7.00. The minimum atomic E-state index is -0.833. The van der Waals surface area contributed by atoms with Crippen LogP contribution >= 0.6 is 0 Å². The Labute approximate surface area is 90.4 Å². The molecule has 0 aromatic rings. The van der Waals surface area contributed by atoms with E-state index in [2.05, 4.69) is 11.7 Å². The lowest BCUT2D eigenvalue weighted by atomic mass is 10.4. The molecule has 0 atom stereocenters. The molecule has 0 saturated heterocycles. The maximum absolute atomic E-state index is 10.3. The van der Waals surface area contributed by atoms with Crippen molar-refractivity contribution < 1.29 is 24.2 Å². The van der Waals surface area contributed by atoms with E-state index in [4.69, 9.17) is 14.6 Å². The van der Waals surface area contributed by atoms with Gasteiger partial charge >= 0.3 is 5.97 Å². The van der Waals surface area contributed by atoms with Gasteiger partial charge in [-0.2, -0.15) is 0 Å². The monoisotopic (exact) mass is 220 g/mol. The summed E-state index contributed by atoms with van der Waals surface area (Å²) in [7, 11) is 0. The zero-order valence-corrected chi connectivity index (χ0v) is 9.62. The number of hydrogen-bond donors (Lipinski definition) is 1. The van der Waals surface area contributed by atoms with E-state index in [1.165, 1.54) is 6.92 Å². The van der Waals surface area contributed by atoms with E-state index in [0.717, 1.165) is 26.4 Å². The molecule has 15 heavy (non-hydrogen) atoms. The molecule has 0 radical (unpaired) electrons. The lowest BCUT2D eigenvalue weighted by Gasteiger charge is -2.02. The van der Waals surface area contributed by atoms with Gasteiger partial charge in [-0.15, -0.1) is 0 Å². The van der Waals surface area contributed by atoms with E-state index in [9.17, 15) is 4.79 Å². The molecule has 0 heterocycles. The van der Waals surface area contributed by atoms with Gasteiger partial charge in [0, 0.05) is 20.5 Å². The third-order valence-corrected chi connectivity index (χ3v) is 1.18. The molecule has 5 nitrogen and oxygen atoms in total. The quantitative estimate of drug-likeness (QED) is 0.542. The minimum Gasteiger partial charge on any atom is -0.481 e. The summed E-state index contributed by atoms with van der Waals surface area (Å²) in [5.41, 5.74) is 0. The normalized spacial score (nSPS) is 8.73. The highest BCUT2D eigenvalue weighted by Crippen LogP contribution is 1.87. The molecule has 0 saturated carbocycles. The van der Waals surface area contributed by atoms with Crippen molar-refractivity contribution in [1.29, 1.82) is 0 Å². The fraction of sp³-hybridized carbons (Fsp3) is 0.800. The first-order valence-corrected chi connectivity index (χ1v) is 4.91. The lowest BCUT2D eigenvalue weighted by molar-refractivity contribution is -0.142. The molecule has 90 valence electrons. The maximum Gasteiger partial charge on any atom is 0.302 e. The Bertz CT molecular complexity index is 163. The average molecular weight is 220 g/mol. The molecule has 0 aliphatic heterocycles. The van der Waals surface area contributed by atoms with Gasteiger partial charge in [0.15, 0.2) is 0 Å². The summed E-state index contributed by atoms with van der Waals surface area (Å²) in [5, 5.41) is 7.42. The van der Waals surface area contributed by atoms with Crippen LogP contribution in [-0.2, 0) is 19.1 Å². The Morgan fingerprint density at radius 2 is 1.67 bits per heavy atom. The maximum atomic E-state index is 10.3. The minimum absolute atomic E-state index is 0.246. The standard InChI is InChI=1S/C8H16O3.C2H4O2/c1-3-4-5-10-6-7-11-8(2)9;1-2(3)4/h3-7H2,1-2H3;1H3,(H,3,4). The Kier molecular flexibility index (Phi) is 14.0. The molecule has 0 bridgehead atoms. The van der Waals surface area contributed by atoms with Gasteiger partial charge in [-0.05, 0) is 6.42 Å². The van der Waals surface area contributed by atoms with E-state index in [-0.39, 0.29) is 5.97 Å². The molecule has 0 aromatic heterocycles. The largest absolute Gasteiger partial charge is 0.481 e. The van der Waals surface area contributed by atoms with Crippen LogP contribution in [0.1, 0.15) is 33.6 Å². The Hall–Kier alpha value is -1.10. The van der Waals surface area contributed by atoms with E-state index in [1.807, 2.05) is 0 Å². The molecule has 0 amide bonds. The average Bonchev–Trinajstić information content (AvgIpc) is 2.09. The second-order valence-electron chi connectivity index (χ2n) is 2.82. The molecule has 0 aromatic carbocycles. The summed E-state index contributed by atoms with van der Waals surface area (Å²) in [4.78, 5) is 19.3. The Balaban J connectivity index is 0. The van der Waals surface area contributed by atoms with E-state index in [1.54, 1.807) is 0 Å². The number of carboxylic acid groups (broad SMARTS) is 1. The van der Waals surface area contributed by atoms with Crippen LogP contribution in [0.4, 0.5) is 0 Å².